The lowest BCUT2D eigenvalue weighted by Gasteiger charge is -2.09. The quantitative estimate of drug-likeness (QED) is 0.892. The molecule has 0 radical (unpaired) electrons. The van der Waals surface area contributed by atoms with Crippen molar-refractivity contribution in [3.05, 3.63) is 69.7 Å². The van der Waals surface area contributed by atoms with E-state index in [0.29, 0.717) is 6.54 Å². The molecule has 1 aliphatic carbocycles. The number of carbonyl (C=O) groups is 1. The predicted octanol–water partition coefficient (Wildman–Crippen LogP) is 4.38. The van der Waals surface area contributed by atoms with Gasteiger partial charge in [-0.25, -0.2) is 0 Å². The topological polar surface area (TPSA) is 29.1 Å². The van der Waals surface area contributed by atoms with E-state index >= 15 is 0 Å². The molecule has 0 bridgehead atoms. The van der Waals surface area contributed by atoms with Crippen molar-refractivity contribution in [2.24, 2.45) is 5.92 Å². The van der Waals surface area contributed by atoms with Crippen molar-refractivity contribution in [2.75, 3.05) is 0 Å². The van der Waals surface area contributed by atoms with Crippen LogP contribution in [-0.4, -0.2) is 5.91 Å². The van der Waals surface area contributed by atoms with Gasteiger partial charge < -0.3 is 5.32 Å². The summed E-state index contributed by atoms with van der Waals surface area (Å²) in [4.78, 5) is 12.3. The first-order valence-electron chi connectivity index (χ1n) is 7.64. The van der Waals surface area contributed by atoms with Crippen LogP contribution in [0.5, 0.6) is 0 Å². The van der Waals surface area contributed by atoms with Crippen LogP contribution in [0.25, 0.3) is 0 Å². The van der Waals surface area contributed by atoms with Gasteiger partial charge in [0, 0.05) is 17.5 Å². The Morgan fingerprint density at radius 1 is 1.23 bits per heavy atom. The molecule has 1 N–H and O–H groups in total. The van der Waals surface area contributed by atoms with Gasteiger partial charge in [0.15, 0.2) is 0 Å². The number of halogens is 1. The molecule has 0 aromatic heterocycles. The molecule has 2 aromatic carbocycles. The van der Waals surface area contributed by atoms with E-state index < -0.39 is 0 Å². The van der Waals surface area contributed by atoms with Crippen LogP contribution in [-0.2, 0) is 11.3 Å². The first kappa shape index (κ1) is 15.1. The molecule has 0 spiro atoms. The van der Waals surface area contributed by atoms with Gasteiger partial charge in [-0.2, -0.15) is 0 Å². The van der Waals surface area contributed by atoms with Gasteiger partial charge >= 0.3 is 0 Å². The number of carbonyl (C=O) groups excluding carboxylic acids is 1. The van der Waals surface area contributed by atoms with Crippen LogP contribution in [0.15, 0.2) is 42.5 Å². The highest BCUT2D eigenvalue weighted by Crippen LogP contribution is 2.49. The molecule has 3 heteroatoms. The van der Waals surface area contributed by atoms with E-state index in [1.54, 1.807) is 0 Å². The Hall–Kier alpha value is -1.80. The van der Waals surface area contributed by atoms with Crippen LogP contribution >= 0.6 is 11.6 Å². The molecule has 2 unspecified atom stereocenters. The standard InChI is InChI=1S/C19H20ClNO/c1-12-7-8-14(13(2)9-12)11-21-19(22)17-10-16(17)15-5-3-4-6-18(15)20/h3-9,16-17H,10-11H2,1-2H3,(H,21,22). The van der Waals surface area contributed by atoms with Gasteiger partial charge in [0.1, 0.15) is 0 Å². The molecule has 0 aliphatic heterocycles. The second-order valence-electron chi connectivity index (χ2n) is 6.12. The van der Waals surface area contributed by atoms with E-state index in [4.69, 9.17) is 11.6 Å². The second-order valence-corrected chi connectivity index (χ2v) is 6.53. The Morgan fingerprint density at radius 3 is 2.73 bits per heavy atom. The van der Waals surface area contributed by atoms with Crippen molar-refractivity contribution < 1.29 is 4.79 Å². The number of benzene rings is 2. The van der Waals surface area contributed by atoms with E-state index in [9.17, 15) is 4.79 Å². The normalized spacial score (nSPS) is 19.8. The fraction of sp³-hybridized carbons (Fsp3) is 0.316. The maximum atomic E-state index is 12.3. The molecule has 1 aliphatic rings. The Kier molecular flexibility index (Phi) is 4.21. The number of hydrogen-bond acceptors (Lipinski definition) is 1. The Morgan fingerprint density at radius 2 is 2.00 bits per heavy atom. The fourth-order valence-electron chi connectivity index (χ4n) is 2.96. The molecule has 2 atom stereocenters. The Labute approximate surface area is 136 Å². The third kappa shape index (κ3) is 3.17. The van der Waals surface area contributed by atoms with Crippen LogP contribution in [0.3, 0.4) is 0 Å². The van der Waals surface area contributed by atoms with E-state index in [2.05, 4.69) is 37.4 Å². The van der Waals surface area contributed by atoms with Crippen LogP contribution < -0.4 is 5.32 Å². The van der Waals surface area contributed by atoms with Crippen LogP contribution in [0, 0.1) is 19.8 Å². The zero-order valence-electron chi connectivity index (χ0n) is 12.9. The molecule has 22 heavy (non-hydrogen) atoms. The monoisotopic (exact) mass is 313 g/mol. The molecule has 2 aromatic rings. The lowest BCUT2D eigenvalue weighted by atomic mass is 10.1. The van der Waals surface area contributed by atoms with Gasteiger partial charge in [0.25, 0.3) is 0 Å². The molecular weight excluding hydrogens is 294 g/mol. The number of rotatable bonds is 4. The second kappa shape index (κ2) is 6.13. The van der Waals surface area contributed by atoms with E-state index in [0.717, 1.165) is 17.0 Å². The zero-order valence-corrected chi connectivity index (χ0v) is 13.7. The lowest BCUT2D eigenvalue weighted by Crippen LogP contribution is -2.25. The average molecular weight is 314 g/mol. The van der Waals surface area contributed by atoms with Crippen molar-refractivity contribution in [3.8, 4) is 0 Å². The molecule has 2 nitrogen and oxygen atoms in total. The first-order chi connectivity index (χ1) is 10.6. The summed E-state index contributed by atoms with van der Waals surface area (Å²) in [5.74, 6) is 0.461. The molecule has 1 saturated carbocycles. The maximum absolute atomic E-state index is 12.3. The third-order valence-corrected chi connectivity index (χ3v) is 4.73. The summed E-state index contributed by atoms with van der Waals surface area (Å²) >= 11 is 6.21. The minimum Gasteiger partial charge on any atom is -0.352 e. The Bertz CT molecular complexity index is 710. The number of amides is 1. The van der Waals surface area contributed by atoms with E-state index in [1.165, 1.54) is 16.7 Å². The SMILES string of the molecule is Cc1ccc(CNC(=O)C2CC2c2ccccc2Cl)c(C)c1. The van der Waals surface area contributed by atoms with E-state index in [1.807, 2.05) is 24.3 Å². The van der Waals surface area contributed by atoms with Gasteiger partial charge in [0.2, 0.25) is 5.91 Å². The molecule has 1 amide bonds. The summed E-state index contributed by atoms with van der Waals surface area (Å²) in [6.45, 7) is 4.75. The molecule has 0 heterocycles. The third-order valence-electron chi connectivity index (χ3n) is 4.38. The minimum absolute atomic E-state index is 0.0608. The smallest absolute Gasteiger partial charge is 0.224 e. The van der Waals surface area contributed by atoms with Crippen LogP contribution in [0.1, 0.15) is 34.6 Å². The van der Waals surface area contributed by atoms with Crippen LogP contribution in [0.4, 0.5) is 0 Å². The number of nitrogens with one attached hydrogen (secondary N) is 1. The minimum atomic E-state index is 0.0608. The molecule has 3 rings (SSSR count). The summed E-state index contributed by atoms with van der Waals surface area (Å²) in [6.07, 6.45) is 0.891. The summed E-state index contributed by atoms with van der Waals surface area (Å²) < 4.78 is 0. The van der Waals surface area contributed by atoms with Gasteiger partial charge in [-0.05, 0) is 48.9 Å². The van der Waals surface area contributed by atoms with Gasteiger partial charge in [0.05, 0.1) is 0 Å². The van der Waals surface area contributed by atoms with Crippen molar-refractivity contribution in [2.45, 2.75) is 32.7 Å². The fourth-order valence-corrected chi connectivity index (χ4v) is 3.24. The predicted molar refractivity (Wildman–Crippen MR) is 90.1 cm³/mol. The zero-order chi connectivity index (χ0) is 15.7. The van der Waals surface area contributed by atoms with Gasteiger partial charge in [-0.15, -0.1) is 0 Å². The highest BCUT2D eigenvalue weighted by molar-refractivity contribution is 6.31. The maximum Gasteiger partial charge on any atom is 0.224 e. The largest absolute Gasteiger partial charge is 0.352 e. The van der Waals surface area contributed by atoms with Crippen molar-refractivity contribution >= 4 is 17.5 Å². The molecular formula is C19H20ClNO. The van der Waals surface area contributed by atoms with Crippen molar-refractivity contribution in [3.63, 3.8) is 0 Å². The van der Waals surface area contributed by atoms with Gasteiger partial charge in [-0.1, -0.05) is 53.6 Å². The summed E-state index contributed by atoms with van der Waals surface area (Å²) in [7, 11) is 0. The Balaban J connectivity index is 1.59. The highest BCUT2D eigenvalue weighted by Gasteiger charge is 2.44. The first-order valence-corrected chi connectivity index (χ1v) is 8.02. The summed E-state index contributed by atoms with van der Waals surface area (Å²) in [6, 6.07) is 14.1. The van der Waals surface area contributed by atoms with Crippen molar-refractivity contribution in [1.82, 2.24) is 5.32 Å². The van der Waals surface area contributed by atoms with Gasteiger partial charge in [-0.3, -0.25) is 4.79 Å². The average Bonchev–Trinajstić information content (AvgIpc) is 3.27. The molecule has 1 fully saturated rings. The number of aryl methyl sites for hydroxylation is 2. The lowest BCUT2D eigenvalue weighted by molar-refractivity contribution is -0.122. The molecule has 114 valence electrons. The van der Waals surface area contributed by atoms with E-state index in [-0.39, 0.29) is 17.7 Å². The number of hydrogen-bond donors (Lipinski definition) is 1. The molecule has 0 saturated heterocycles. The summed E-state index contributed by atoms with van der Waals surface area (Å²) in [5, 5.41) is 3.82. The van der Waals surface area contributed by atoms with Crippen LogP contribution in [0.2, 0.25) is 5.02 Å². The summed E-state index contributed by atoms with van der Waals surface area (Å²) in [5.41, 5.74) is 4.73. The highest BCUT2D eigenvalue weighted by atomic mass is 35.5. The van der Waals surface area contributed by atoms with Crippen molar-refractivity contribution in [1.29, 1.82) is 0 Å².